The predicted molar refractivity (Wildman–Crippen MR) is 77.3 cm³/mol. The molecule has 1 fully saturated rings. The number of fused-ring (bicyclic) bond motifs is 3. The van der Waals surface area contributed by atoms with Gasteiger partial charge < -0.3 is 4.90 Å². The Hall–Kier alpha value is -2.17. The van der Waals surface area contributed by atoms with Crippen molar-refractivity contribution in [3.8, 4) is 0 Å². The van der Waals surface area contributed by atoms with Crippen LogP contribution in [0, 0.1) is 11.8 Å². The van der Waals surface area contributed by atoms with Gasteiger partial charge in [-0.1, -0.05) is 24.3 Å². The number of hydrogen-bond donors (Lipinski definition) is 1. The number of benzene rings is 1. The summed E-state index contributed by atoms with van der Waals surface area (Å²) in [6.45, 7) is 0.496. The average molecular weight is 282 g/mol. The Morgan fingerprint density at radius 2 is 2.29 bits per heavy atom. The number of aromatic amines is 1. The van der Waals surface area contributed by atoms with Crippen molar-refractivity contribution < 1.29 is 4.79 Å². The zero-order valence-corrected chi connectivity index (χ0v) is 12.0. The van der Waals surface area contributed by atoms with Crippen LogP contribution in [0.15, 0.2) is 30.6 Å². The molecule has 1 amide bonds. The van der Waals surface area contributed by atoms with Crippen molar-refractivity contribution >= 4 is 5.91 Å². The van der Waals surface area contributed by atoms with Gasteiger partial charge in [0.15, 0.2) is 0 Å². The second-order valence-corrected chi connectivity index (χ2v) is 6.08. The van der Waals surface area contributed by atoms with Crippen LogP contribution < -0.4 is 0 Å². The van der Waals surface area contributed by atoms with E-state index < -0.39 is 0 Å². The summed E-state index contributed by atoms with van der Waals surface area (Å²) in [6, 6.07) is 8.56. The number of hydrogen-bond acceptors (Lipinski definition) is 3. The smallest absolute Gasteiger partial charge is 0.226 e. The molecule has 4 rings (SSSR count). The maximum atomic E-state index is 12.7. The Labute approximate surface area is 123 Å². The standard InChI is InChI=1S/C16H18N4O/c1-20(8-13-17-9-18-19-13)16(21)15-12-7-6-10-4-2-3-5-11(10)14(12)15/h2-5,9,12,14-15H,6-8H2,1H3,(H,17,18,19). The third-order valence-corrected chi connectivity index (χ3v) is 4.84. The van der Waals surface area contributed by atoms with Gasteiger partial charge in [0.2, 0.25) is 5.91 Å². The largest absolute Gasteiger partial charge is 0.338 e. The van der Waals surface area contributed by atoms with Gasteiger partial charge in [0, 0.05) is 13.0 Å². The normalized spacial score (nSPS) is 25.9. The summed E-state index contributed by atoms with van der Waals surface area (Å²) in [7, 11) is 1.85. The Kier molecular flexibility index (Phi) is 2.80. The molecule has 0 radical (unpaired) electrons. The molecule has 5 nitrogen and oxygen atoms in total. The molecule has 1 N–H and O–H groups in total. The van der Waals surface area contributed by atoms with Crippen LogP contribution in [0.5, 0.6) is 0 Å². The lowest BCUT2D eigenvalue weighted by Gasteiger charge is -2.15. The summed E-state index contributed by atoms with van der Waals surface area (Å²) in [5.74, 6) is 2.08. The van der Waals surface area contributed by atoms with Crippen molar-refractivity contribution in [3.63, 3.8) is 0 Å². The van der Waals surface area contributed by atoms with E-state index in [-0.39, 0.29) is 11.8 Å². The SMILES string of the molecule is CN(Cc1ncn[nH]1)C(=O)C1C2CCc3ccccc3C21. The number of aromatic nitrogens is 3. The monoisotopic (exact) mass is 282 g/mol. The van der Waals surface area contributed by atoms with Crippen LogP contribution in [0.1, 0.15) is 29.3 Å². The maximum Gasteiger partial charge on any atom is 0.226 e. The minimum Gasteiger partial charge on any atom is -0.338 e. The van der Waals surface area contributed by atoms with Gasteiger partial charge in [0.25, 0.3) is 0 Å². The summed E-state index contributed by atoms with van der Waals surface area (Å²) in [4.78, 5) is 18.5. The molecule has 0 saturated heterocycles. The number of carbonyl (C=O) groups excluding carboxylic acids is 1. The molecular weight excluding hydrogens is 264 g/mol. The van der Waals surface area contributed by atoms with E-state index in [1.807, 2.05) is 7.05 Å². The highest BCUT2D eigenvalue weighted by atomic mass is 16.2. The van der Waals surface area contributed by atoms with Crippen LogP contribution in [0.3, 0.4) is 0 Å². The average Bonchev–Trinajstić information content (AvgIpc) is 3.04. The van der Waals surface area contributed by atoms with Crippen LogP contribution in [0.25, 0.3) is 0 Å². The van der Waals surface area contributed by atoms with Crippen LogP contribution in [-0.2, 0) is 17.8 Å². The van der Waals surface area contributed by atoms with Gasteiger partial charge in [-0.15, -0.1) is 0 Å². The highest BCUT2D eigenvalue weighted by molar-refractivity contribution is 5.84. The second-order valence-electron chi connectivity index (χ2n) is 6.08. The van der Waals surface area contributed by atoms with Crippen molar-refractivity contribution in [2.24, 2.45) is 11.8 Å². The molecule has 0 aliphatic heterocycles. The zero-order valence-electron chi connectivity index (χ0n) is 12.0. The van der Waals surface area contributed by atoms with E-state index in [0.29, 0.717) is 18.4 Å². The maximum absolute atomic E-state index is 12.7. The molecule has 108 valence electrons. The third-order valence-electron chi connectivity index (χ3n) is 4.84. The first kappa shape index (κ1) is 12.6. The fourth-order valence-electron chi connectivity index (χ4n) is 3.77. The number of nitrogens with zero attached hydrogens (tertiary/aromatic N) is 3. The molecule has 0 bridgehead atoms. The van der Waals surface area contributed by atoms with Crippen molar-refractivity contribution in [2.75, 3.05) is 7.05 Å². The fourth-order valence-corrected chi connectivity index (χ4v) is 3.77. The first-order chi connectivity index (χ1) is 10.3. The van der Waals surface area contributed by atoms with Gasteiger partial charge in [-0.3, -0.25) is 9.89 Å². The Balaban J connectivity index is 1.50. The van der Waals surface area contributed by atoms with Gasteiger partial charge in [-0.05, 0) is 35.8 Å². The Morgan fingerprint density at radius 1 is 1.43 bits per heavy atom. The number of aryl methyl sites for hydroxylation is 1. The molecule has 3 atom stereocenters. The van der Waals surface area contributed by atoms with Crippen molar-refractivity contribution in [1.82, 2.24) is 20.1 Å². The number of amides is 1. The highest BCUT2D eigenvalue weighted by Crippen LogP contribution is 2.60. The first-order valence-corrected chi connectivity index (χ1v) is 7.42. The lowest BCUT2D eigenvalue weighted by molar-refractivity contribution is -0.132. The van der Waals surface area contributed by atoms with E-state index in [2.05, 4.69) is 39.4 Å². The molecule has 1 heterocycles. The molecular formula is C16H18N4O. The Bertz CT molecular complexity index is 667. The van der Waals surface area contributed by atoms with Crippen molar-refractivity contribution in [3.05, 3.63) is 47.5 Å². The minimum absolute atomic E-state index is 0.154. The second kappa shape index (κ2) is 4.69. The molecule has 3 unspecified atom stereocenters. The first-order valence-electron chi connectivity index (χ1n) is 7.42. The van der Waals surface area contributed by atoms with Gasteiger partial charge >= 0.3 is 0 Å². The predicted octanol–water partition coefficient (Wildman–Crippen LogP) is 1.74. The summed E-state index contributed by atoms with van der Waals surface area (Å²) in [5.41, 5.74) is 2.81. The number of nitrogens with one attached hydrogen (secondary N) is 1. The van der Waals surface area contributed by atoms with Crippen LogP contribution >= 0.6 is 0 Å². The fraction of sp³-hybridized carbons (Fsp3) is 0.438. The van der Waals surface area contributed by atoms with E-state index in [1.54, 1.807) is 4.90 Å². The molecule has 2 aromatic rings. The van der Waals surface area contributed by atoms with Gasteiger partial charge in [-0.25, -0.2) is 4.98 Å². The van der Waals surface area contributed by atoms with E-state index >= 15 is 0 Å². The van der Waals surface area contributed by atoms with E-state index in [9.17, 15) is 4.79 Å². The highest BCUT2D eigenvalue weighted by Gasteiger charge is 2.57. The zero-order chi connectivity index (χ0) is 14.4. The number of carbonyl (C=O) groups is 1. The van der Waals surface area contributed by atoms with Crippen molar-refractivity contribution in [2.45, 2.75) is 25.3 Å². The molecule has 0 spiro atoms. The molecule has 5 heteroatoms. The Morgan fingerprint density at radius 3 is 3.10 bits per heavy atom. The van der Waals surface area contributed by atoms with E-state index in [0.717, 1.165) is 18.7 Å². The quantitative estimate of drug-likeness (QED) is 0.932. The van der Waals surface area contributed by atoms with Crippen LogP contribution in [0.2, 0.25) is 0 Å². The van der Waals surface area contributed by atoms with Gasteiger partial charge in [-0.2, -0.15) is 5.10 Å². The summed E-state index contributed by atoms with van der Waals surface area (Å²) in [5, 5.41) is 6.63. The summed E-state index contributed by atoms with van der Waals surface area (Å²) in [6.07, 6.45) is 3.71. The molecule has 1 aromatic heterocycles. The number of rotatable bonds is 3. The molecule has 1 saturated carbocycles. The van der Waals surface area contributed by atoms with Crippen LogP contribution in [-0.4, -0.2) is 33.0 Å². The minimum atomic E-state index is 0.154. The molecule has 21 heavy (non-hydrogen) atoms. The third kappa shape index (κ3) is 2.04. The summed E-state index contributed by atoms with van der Waals surface area (Å²) >= 11 is 0. The summed E-state index contributed by atoms with van der Waals surface area (Å²) < 4.78 is 0. The van der Waals surface area contributed by atoms with Crippen molar-refractivity contribution in [1.29, 1.82) is 0 Å². The molecule has 2 aliphatic carbocycles. The van der Waals surface area contributed by atoms with E-state index in [1.165, 1.54) is 17.5 Å². The van der Waals surface area contributed by atoms with Crippen LogP contribution in [0.4, 0.5) is 0 Å². The lowest BCUT2D eigenvalue weighted by atomic mass is 9.92. The van der Waals surface area contributed by atoms with E-state index in [4.69, 9.17) is 0 Å². The van der Waals surface area contributed by atoms with Gasteiger partial charge in [0.1, 0.15) is 12.2 Å². The lowest BCUT2D eigenvalue weighted by Crippen LogP contribution is -2.29. The number of H-pyrrole nitrogens is 1. The molecule has 1 aromatic carbocycles. The topological polar surface area (TPSA) is 61.9 Å². The molecule has 2 aliphatic rings. The van der Waals surface area contributed by atoms with Gasteiger partial charge in [0.05, 0.1) is 6.54 Å².